The van der Waals surface area contributed by atoms with Gasteiger partial charge in [-0.05, 0) is 32.7 Å². The molecule has 0 radical (unpaired) electrons. The molecular weight excluding hydrogens is 188 g/mol. The summed E-state index contributed by atoms with van der Waals surface area (Å²) in [6, 6.07) is 0. The van der Waals surface area contributed by atoms with Crippen LogP contribution < -0.4 is 10.6 Å². The highest BCUT2D eigenvalue weighted by Gasteiger charge is 2.34. The summed E-state index contributed by atoms with van der Waals surface area (Å²) < 4.78 is 0. The minimum absolute atomic E-state index is 0.202. The minimum atomic E-state index is -0.427. The normalized spacial score (nSPS) is 35.6. The Morgan fingerprint density at radius 1 is 1.20 bits per heavy atom. The van der Waals surface area contributed by atoms with E-state index in [2.05, 4.69) is 17.6 Å². The Kier molecular flexibility index (Phi) is 3.33. The molecule has 3 nitrogen and oxygen atoms in total. The molecule has 1 heterocycles. The van der Waals surface area contributed by atoms with Crippen LogP contribution in [0.15, 0.2) is 0 Å². The van der Waals surface area contributed by atoms with E-state index in [0.717, 1.165) is 32.5 Å². The van der Waals surface area contributed by atoms with Gasteiger partial charge in [0, 0.05) is 18.6 Å². The maximum Gasteiger partial charge on any atom is 0.0771 e. The first-order valence-corrected chi connectivity index (χ1v) is 6.30. The van der Waals surface area contributed by atoms with Crippen molar-refractivity contribution < 1.29 is 5.11 Å². The predicted molar refractivity (Wildman–Crippen MR) is 61.9 cm³/mol. The Morgan fingerprint density at radius 2 is 1.93 bits per heavy atom. The molecule has 0 spiro atoms. The van der Waals surface area contributed by atoms with Crippen LogP contribution in [0.2, 0.25) is 0 Å². The van der Waals surface area contributed by atoms with Crippen molar-refractivity contribution >= 4 is 0 Å². The average molecular weight is 212 g/mol. The molecule has 1 saturated heterocycles. The van der Waals surface area contributed by atoms with Gasteiger partial charge < -0.3 is 15.7 Å². The van der Waals surface area contributed by atoms with Crippen LogP contribution in [0.4, 0.5) is 0 Å². The van der Waals surface area contributed by atoms with E-state index in [4.69, 9.17) is 0 Å². The molecule has 3 N–H and O–H groups in total. The van der Waals surface area contributed by atoms with Gasteiger partial charge in [0.05, 0.1) is 5.60 Å². The molecule has 0 aromatic carbocycles. The molecule has 15 heavy (non-hydrogen) atoms. The van der Waals surface area contributed by atoms with E-state index in [1.54, 1.807) is 0 Å². The van der Waals surface area contributed by atoms with Gasteiger partial charge in [0.2, 0.25) is 0 Å². The summed E-state index contributed by atoms with van der Waals surface area (Å²) in [4.78, 5) is 0. The van der Waals surface area contributed by atoms with Crippen molar-refractivity contribution in [1.82, 2.24) is 10.6 Å². The van der Waals surface area contributed by atoms with E-state index in [1.165, 1.54) is 25.7 Å². The lowest BCUT2D eigenvalue weighted by molar-refractivity contribution is -0.000580. The van der Waals surface area contributed by atoms with Crippen LogP contribution in [0.1, 0.15) is 45.4 Å². The molecule has 1 saturated carbocycles. The van der Waals surface area contributed by atoms with Crippen LogP contribution in [0.25, 0.3) is 0 Å². The van der Waals surface area contributed by atoms with E-state index in [1.807, 2.05) is 0 Å². The summed E-state index contributed by atoms with van der Waals surface area (Å²) in [5, 5.41) is 17.3. The highest BCUT2D eigenvalue weighted by atomic mass is 16.3. The number of hydrogen-bond acceptors (Lipinski definition) is 3. The monoisotopic (exact) mass is 212 g/mol. The Hall–Kier alpha value is -0.120. The zero-order valence-electron chi connectivity index (χ0n) is 9.81. The van der Waals surface area contributed by atoms with E-state index < -0.39 is 5.60 Å². The summed E-state index contributed by atoms with van der Waals surface area (Å²) in [6.07, 6.45) is 6.79. The third-order valence-corrected chi connectivity index (χ3v) is 4.00. The summed E-state index contributed by atoms with van der Waals surface area (Å²) >= 11 is 0. The second kappa shape index (κ2) is 4.40. The molecule has 1 aliphatic heterocycles. The third kappa shape index (κ3) is 2.92. The van der Waals surface area contributed by atoms with Gasteiger partial charge in [-0.2, -0.15) is 0 Å². The van der Waals surface area contributed by atoms with Gasteiger partial charge in [0.1, 0.15) is 0 Å². The Morgan fingerprint density at radius 3 is 2.53 bits per heavy atom. The average Bonchev–Trinajstić information content (AvgIpc) is 2.65. The van der Waals surface area contributed by atoms with Crippen LogP contribution in [0.3, 0.4) is 0 Å². The molecule has 0 aromatic heterocycles. The molecule has 2 aliphatic rings. The van der Waals surface area contributed by atoms with Crippen molar-refractivity contribution in [2.24, 2.45) is 0 Å². The predicted octanol–water partition coefficient (Wildman–Crippen LogP) is 1.02. The first-order valence-electron chi connectivity index (χ1n) is 6.30. The van der Waals surface area contributed by atoms with E-state index in [9.17, 15) is 5.11 Å². The van der Waals surface area contributed by atoms with Gasteiger partial charge in [-0.3, -0.25) is 0 Å². The van der Waals surface area contributed by atoms with Crippen molar-refractivity contribution in [1.29, 1.82) is 0 Å². The zero-order chi connectivity index (χ0) is 10.8. The SMILES string of the molecule is CC1(NCC2(O)CCCCC2)CCNC1. The fourth-order valence-electron chi connectivity index (χ4n) is 2.73. The van der Waals surface area contributed by atoms with Crippen LogP contribution in [0, 0.1) is 0 Å². The highest BCUT2D eigenvalue weighted by Crippen LogP contribution is 2.28. The maximum atomic E-state index is 10.4. The largest absolute Gasteiger partial charge is 0.389 e. The van der Waals surface area contributed by atoms with Crippen molar-refractivity contribution in [3.8, 4) is 0 Å². The second-order valence-electron chi connectivity index (χ2n) is 5.63. The standard InChI is InChI=1S/C12H24N2O/c1-11(7-8-13-9-11)14-10-12(15)5-3-2-4-6-12/h13-15H,2-10H2,1H3. The summed E-state index contributed by atoms with van der Waals surface area (Å²) in [5.74, 6) is 0. The van der Waals surface area contributed by atoms with Crippen molar-refractivity contribution in [2.45, 2.75) is 56.6 Å². The smallest absolute Gasteiger partial charge is 0.0771 e. The fraction of sp³-hybridized carbons (Fsp3) is 1.00. The molecule has 1 atom stereocenters. The zero-order valence-corrected chi connectivity index (χ0v) is 9.81. The fourth-order valence-corrected chi connectivity index (χ4v) is 2.73. The number of hydrogen-bond donors (Lipinski definition) is 3. The van der Waals surface area contributed by atoms with Crippen molar-refractivity contribution in [3.63, 3.8) is 0 Å². The van der Waals surface area contributed by atoms with Crippen molar-refractivity contribution in [2.75, 3.05) is 19.6 Å². The van der Waals surface area contributed by atoms with E-state index in [-0.39, 0.29) is 5.54 Å². The van der Waals surface area contributed by atoms with E-state index in [0.29, 0.717) is 0 Å². The first kappa shape index (κ1) is 11.4. The molecule has 1 aliphatic carbocycles. The molecule has 0 bridgehead atoms. The quantitative estimate of drug-likeness (QED) is 0.654. The topological polar surface area (TPSA) is 44.3 Å². The molecule has 2 fully saturated rings. The second-order valence-corrected chi connectivity index (χ2v) is 5.63. The first-order chi connectivity index (χ1) is 7.12. The molecule has 88 valence electrons. The van der Waals surface area contributed by atoms with Crippen LogP contribution in [-0.4, -0.2) is 35.9 Å². The lowest BCUT2D eigenvalue weighted by Crippen LogP contribution is -2.52. The highest BCUT2D eigenvalue weighted by molar-refractivity contribution is 4.95. The number of aliphatic hydroxyl groups is 1. The molecule has 3 heteroatoms. The van der Waals surface area contributed by atoms with Gasteiger partial charge in [0.25, 0.3) is 0 Å². The molecule has 2 rings (SSSR count). The molecule has 1 unspecified atom stereocenters. The van der Waals surface area contributed by atoms with Crippen LogP contribution >= 0.6 is 0 Å². The maximum absolute atomic E-state index is 10.4. The third-order valence-electron chi connectivity index (χ3n) is 4.00. The van der Waals surface area contributed by atoms with Gasteiger partial charge in [0.15, 0.2) is 0 Å². The minimum Gasteiger partial charge on any atom is -0.389 e. The molecular formula is C12H24N2O. The number of rotatable bonds is 3. The lowest BCUT2D eigenvalue weighted by Gasteiger charge is -2.36. The summed E-state index contributed by atoms with van der Waals surface area (Å²) in [7, 11) is 0. The van der Waals surface area contributed by atoms with Gasteiger partial charge in [-0.1, -0.05) is 19.3 Å². The Labute approximate surface area is 92.6 Å². The number of nitrogens with one attached hydrogen (secondary N) is 2. The summed E-state index contributed by atoms with van der Waals surface area (Å²) in [6.45, 7) is 5.15. The van der Waals surface area contributed by atoms with Crippen LogP contribution in [0.5, 0.6) is 0 Å². The van der Waals surface area contributed by atoms with Crippen LogP contribution in [-0.2, 0) is 0 Å². The van der Waals surface area contributed by atoms with Gasteiger partial charge in [-0.25, -0.2) is 0 Å². The molecule has 0 amide bonds. The Bertz CT molecular complexity index is 206. The van der Waals surface area contributed by atoms with Gasteiger partial charge >= 0.3 is 0 Å². The Balaban J connectivity index is 1.80. The van der Waals surface area contributed by atoms with E-state index >= 15 is 0 Å². The lowest BCUT2D eigenvalue weighted by atomic mass is 9.84. The summed E-state index contributed by atoms with van der Waals surface area (Å²) in [5.41, 5.74) is -0.225. The molecule has 0 aromatic rings. The van der Waals surface area contributed by atoms with Crippen molar-refractivity contribution in [3.05, 3.63) is 0 Å². The number of β-amino-alcohol motifs (C(OH)–C–C–N with tert-alkyl or cyclic N) is 1. The van der Waals surface area contributed by atoms with Gasteiger partial charge in [-0.15, -0.1) is 0 Å².